The molecule has 4 heterocycles. The third-order valence-corrected chi connectivity index (χ3v) is 12.1. The number of fused-ring (bicyclic) bond motifs is 1. The van der Waals surface area contributed by atoms with Gasteiger partial charge in [0.25, 0.3) is 5.91 Å². The first kappa shape index (κ1) is 35.1. The summed E-state index contributed by atoms with van der Waals surface area (Å²) >= 11 is 0. The summed E-state index contributed by atoms with van der Waals surface area (Å²) in [4.78, 5) is 45.8. The Morgan fingerprint density at radius 2 is 1.55 bits per heavy atom. The molecule has 2 aromatic carbocycles. The SMILES string of the molecule is [B]c1cc(C[C@@H](OC(=O)N2CCC(N3CCc4ccccc4NC3=O)CC2)C(=O)N2CCC(C3CCN(S(C)(=O)=O)CC3)CC2)ccc1O. The second-order valence-electron chi connectivity index (χ2n) is 13.9. The minimum Gasteiger partial charge on any atom is -0.509 e. The molecule has 2 N–H and O–H groups in total. The number of hydrogen-bond acceptors (Lipinski definition) is 7. The van der Waals surface area contributed by atoms with Crippen LogP contribution in [0.25, 0.3) is 0 Å². The van der Waals surface area contributed by atoms with Crippen molar-refractivity contribution in [3.8, 4) is 5.75 Å². The van der Waals surface area contributed by atoms with Crippen LogP contribution in [0.5, 0.6) is 5.75 Å². The second kappa shape index (κ2) is 15.0. The molecule has 0 bridgehead atoms. The van der Waals surface area contributed by atoms with E-state index in [0.717, 1.165) is 43.4 Å². The Balaban J connectivity index is 1.06. The number of hydrogen-bond donors (Lipinski definition) is 2. The molecule has 6 rings (SSSR count). The van der Waals surface area contributed by atoms with E-state index in [9.17, 15) is 27.9 Å². The minimum absolute atomic E-state index is 0.0179. The predicted octanol–water partition coefficient (Wildman–Crippen LogP) is 2.70. The molecule has 4 amide bonds. The summed E-state index contributed by atoms with van der Waals surface area (Å²) in [5.41, 5.74) is 2.78. The van der Waals surface area contributed by atoms with Gasteiger partial charge in [-0.15, -0.1) is 0 Å². The van der Waals surface area contributed by atoms with E-state index in [2.05, 4.69) is 5.32 Å². The van der Waals surface area contributed by atoms with E-state index >= 15 is 0 Å². The number of carbonyl (C=O) groups is 3. The van der Waals surface area contributed by atoms with Crippen LogP contribution < -0.4 is 10.8 Å². The van der Waals surface area contributed by atoms with Gasteiger partial charge in [0, 0.05) is 64.0 Å². The van der Waals surface area contributed by atoms with Crippen molar-refractivity contribution in [2.45, 2.75) is 63.5 Å². The van der Waals surface area contributed by atoms with E-state index in [1.165, 1.54) is 12.3 Å². The average Bonchev–Trinajstić information content (AvgIpc) is 3.27. The van der Waals surface area contributed by atoms with Crippen molar-refractivity contribution in [1.82, 2.24) is 19.0 Å². The number of urea groups is 1. The maximum atomic E-state index is 14.0. The van der Waals surface area contributed by atoms with Gasteiger partial charge in [-0.25, -0.2) is 22.3 Å². The molecule has 14 heteroatoms. The number of amides is 4. The standard InChI is InChI=1S/C35H46BN5O7S/c1-49(46,47)40-19-10-26(11-20-40)25-8-15-38(16-9-25)33(43)32(23-24-6-7-31(42)29(36)22-24)48-35(45)39-17-13-28(14-18-39)41-21-12-27-4-2-3-5-30(27)37-34(41)44/h2-7,22,25-26,28,32,42H,8-21,23H2,1H3,(H,37,44)/t32-/m1/s1. The van der Waals surface area contributed by atoms with Crippen LogP contribution in [0.3, 0.4) is 0 Å². The number of rotatable bonds is 7. The quantitative estimate of drug-likeness (QED) is 0.426. The number of likely N-dealkylation sites (tertiary alicyclic amines) is 2. The smallest absolute Gasteiger partial charge is 0.410 e. The number of phenols is 1. The highest BCUT2D eigenvalue weighted by Gasteiger charge is 2.37. The molecule has 3 saturated heterocycles. The molecule has 2 aromatic rings. The zero-order chi connectivity index (χ0) is 34.7. The van der Waals surface area contributed by atoms with Crippen LogP contribution in [0.4, 0.5) is 15.3 Å². The van der Waals surface area contributed by atoms with E-state index in [1.807, 2.05) is 29.2 Å². The number of sulfonamides is 1. The molecular formula is C35H46BN5O7S. The van der Waals surface area contributed by atoms with E-state index in [-0.39, 0.29) is 35.6 Å². The van der Waals surface area contributed by atoms with Crippen LogP contribution in [0.1, 0.15) is 49.7 Å². The van der Waals surface area contributed by atoms with Gasteiger partial charge >= 0.3 is 12.1 Å². The molecule has 49 heavy (non-hydrogen) atoms. The van der Waals surface area contributed by atoms with Crippen molar-refractivity contribution in [1.29, 1.82) is 0 Å². The van der Waals surface area contributed by atoms with E-state index in [4.69, 9.17) is 12.6 Å². The number of aromatic hydroxyl groups is 1. The second-order valence-corrected chi connectivity index (χ2v) is 15.9. The number of phenolic OH excluding ortho intramolecular Hbond substituents is 1. The highest BCUT2D eigenvalue weighted by molar-refractivity contribution is 7.88. The number of nitrogens with zero attached hydrogens (tertiary/aromatic N) is 4. The molecule has 4 aliphatic rings. The number of piperidine rings is 3. The molecule has 12 nitrogen and oxygen atoms in total. The molecule has 0 unspecified atom stereocenters. The fraction of sp³-hybridized carbons (Fsp3) is 0.571. The van der Waals surface area contributed by atoms with Crippen molar-refractivity contribution in [2.24, 2.45) is 11.8 Å². The van der Waals surface area contributed by atoms with Crippen LogP contribution in [-0.2, 0) is 32.4 Å². The first-order valence-corrected chi connectivity index (χ1v) is 19.2. The average molecular weight is 692 g/mol. The Morgan fingerprint density at radius 3 is 2.20 bits per heavy atom. The maximum absolute atomic E-state index is 14.0. The number of carbonyl (C=O) groups excluding carboxylic acids is 3. The number of anilines is 1. The maximum Gasteiger partial charge on any atom is 0.410 e. The van der Waals surface area contributed by atoms with Gasteiger partial charge in [0.15, 0.2) is 6.10 Å². The summed E-state index contributed by atoms with van der Waals surface area (Å²) in [5, 5.41) is 13.0. The van der Waals surface area contributed by atoms with Crippen molar-refractivity contribution in [2.75, 3.05) is 57.4 Å². The van der Waals surface area contributed by atoms with Crippen LogP contribution >= 0.6 is 0 Å². The Labute approximate surface area is 290 Å². The van der Waals surface area contributed by atoms with Gasteiger partial charge in [0.05, 0.1) is 6.26 Å². The lowest BCUT2D eigenvalue weighted by atomic mass is 9.79. The summed E-state index contributed by atoms with van der Waals surface area (Å²) < 4.78 is 31.4. The van der Waals surface area contributed by atoms with Crippen molar-refractivity contribution >= 4 is 47.1 Å². The number of nitrogens with one attached hydrogen (secondary N) is 1. The van der Waals surface area contributed by atoms with Crippen molar-refractivity contribution in [3.63, 3.8) is 0 Å². The van der Waals surface area contributed by atoms with Gasteiger partial charge < -0.3 is 29.9 Å². The summed E-state index contributed by atoms with van der Waals surface area (Å²) in [6, 6.07) is 12.4. The Morgan fingerprint density at radius 1 is 0.918 bits per heavy atom. The molecule has 4 aliphatic heterocycles. The first-order valence-electron chi connectivity index (χ1n) is 17.4. The molecule has 3 fully saturated rings. The van der Waals surface area contributed by atoms with Gasteiger partial charge in [-0.2, -0.15) is 0 Å². The van der Waals surface area contributed by atoms with Crippen LogP contribution in [0, 0.1) is 11.8 Å². The number of benzene rings is 2. The normalized spacial score (nSPS) is 21.1. The van der Waals surface area contributed by atoms with Gasteiger partial charge in [-0.1, -0.05) is 35.8 Å². The summed E-state index contributed by atoms with van der Waals surface area (Å²) in [6.45, 7) is 3.54. The highest BCUT2D eigenvalue weighted by atomic mass is 32.2. The Bertz CT molecular complexity index is 1630. The Kier molecular flexibility index (Phi) is 10.7. The van der Waals surface area contributed by atoms with E-state index < -0.39 is 22.2 Å². The fourth-order valence-corrected chi connectivity index (χ4v) is 8.77. The first-order chi connectivity index (χ1) is 23.5. The molecule has 0 saturated carbocycles. The molecule has 262 valence electrons. The number of ether oxygens (including phenoxy) is 1. The molecule has 0 aliphatic carbocycles. The van der Waals surface area contributed by atoms with Crippen LogP contribution in [0.2, 0.25) is 0 Å². The monoisotopic (exact) mass is 691 g/mol. The van der Waals surface area contributed by atoms with Gasteiger partial charge in [-0.05, 0) is 80.0 Å². The van der Waals surface area contributed by atoms with Crippen LogP contribution in [-0.4, -0.2) is 123 Å². The summed E-state index contributed by atoms with van der Waals surface area (Å²) in [7, 11) is 2.76. The van der Waals surface area contributed by atoms with Gasteiger partial charge in [-0.3, -0.25) is 4.79 Å². The third kappa shape index (κ3) is 8.34. The fourth-order valence-electron chi connectivity index (χ4n) is 7.89. The molecule has 1 atom stereocenters. The van der Waals surface area contributed by atoms with Crippen molar-refractivity contribution in [3.05, 3.63) is 53.6 Å². The van der Waals surface area contributed by atoms with Gasteiger partial charge in [0.1, 0.15) is 13.6 Å². The summed E-state index contributed by atoms with van der Waals surface area (Å²) in [5.74, 6) is 0.506. The predicted molar refractivity (Wildman–Crippen MR) is 186 cm³/mol. The van der Waals surface area contributed by atoms with Gasteiger partial charge in [0.2, 0.25) is 10.0 Å². The van der Waals surface area contributed by atoms with Crippen molar-refractivity contribution < 1.29 is 32.6 Å². The topological polar surface area (TPSA) is 140 Å². The zero-order valence-electron chi connectivity index (χ0n) is 28.1. The lowest BCUT2D eigenvalue weighted by Crippen LogP contribution is -2.52. The molecule has 2 radical (unpaired) electrons. The number of para-hydroxylation sites is 1. The molecule has 0 spiro atoms. The third-order valence-electron chi connectivity index (χ3n) is 10.8. The van der Waals surface area contributed by atoms with E-state index in [1.54, 1.807) is 26.2 Å². The molecule has 0 aromatic heterocycles. The lowest BCUT2D eigenvalue weighted by molar-refractivity contribution is -0.142. The Hall–Kier alpha value is -3.78. The highest BCUT2D eigenvalue weighted by Crippen LogP contribution is 2.33. The summed E-state index contributed by atoms with van der Waals surface area (Å²) in [6.07, 6.45) is 4.95. The minimum atomic E-state index is -3.18. The lowest BCUT2D eigenvalue weighted by Gasteiger charge is -2.40. The van der Waals surface area contributed by atoms with E-state index in [0.29, 0.717) is 76.1 Å². The zero-order valence-corrected chi connectivity index (χ0v) is 28.9. The molecular weight excluding hydrogens is 645 g/mol. The largest absolute Gasteiger partial charge is 0.509 e. The van der Waals surface area contributed by atoms with Crippen LogP contribution in [0.15, 0.2) is 42.5 Å².